The fraction of sp³-hybridized carbons (Fsp3) is 0.200. The highest BCUT2D eigenvalue weighted by Gasteiger charge is 2.18. The first kappa shape index (κ1) is 18.1. The maximum Gasteiger partial charge on any atom is 0.259 e. The summed E-state index contributed by atoms with van der Waals surface area (Å²) in [6.07, 6.45) is 1.10. The summed E-state index contributed by atoms with van der Waals surface area (Å²) in [5.41, 5.74) is 3.54. The molecule has 134 valence electrons. The molecule has 0 aliphatic heterocycles. The molecule has 1 unspecified atom stereocenters. The Bertz CT molecular complexity index is 911. The number of amides is 1. The number of hydrogen-bond donors (Lipinski definition) is 2. The summed E-state index contributed by atoms with van der Waals surface area (Å²) in [7, 11) is 0. The molecule has 3 aromatic rings. The normalized spacial score (nSPS) is 12.0. The molecule has 1 aromatic carbocycles. The third kappa shape index (κ3) is 3.61. The lowest BCUT2D eigenvalue weighted by molar-refractivity contribution is 0.102. The monoisotopic (exact) mass is 367 g/mol. The number of allylic oxidation sites excluding steroid dienone is 1. The maximum absolute atomic E-state index is 12.6. The molecule has 0 aliphatic rings. The molecule has 0 saturated heterocycles. The van der Waals surface area contributed by atoms with E-state index in [0.29, 0.717) is 23.5 Å². The number of benzene rings is 1. The van der Waals surface area contributed by atoms with Gasteiger partial charge in [-0.1, -0.05) is 24.3 Å². The van der Waals surface area contributed by atoms with Crippen molar-refractivity contribution in [2.75, 3.05) is 5.32 Å². The molecule has 26 heavy (non-hydrogen) atoms. The van der Waals surface area contributed by atoms with Crippen LogP contribution in [0.15, 0.2) is 54.4 Å². The van der Waals surface area contributed by atoms with Crippen molar-refractivity contribution in [3.63, 3.8) is 0 Å². The Labute approximate surface area is 156 Å². The number of aliphatic hydroxyl groups excluding tert-OH is 1. The van der Waals surface area contributed by atoms with Crippen LogP contribution < -0.4 is 5.32 Å². The summed E-state index contributed by atoms with van der Waals surface area (Å²) in [5, 5.41) is 19.6. The van der Waals surface area contributed by atoms with Gasteiger partial charge in [0.15, 0.2) is 0 Å². The van der Waals surface area contributed by atoms with Crippen LogP contribution in [-0.2, 0) is 6.54 Å². The van der Waals surface area contributed by atoms with E-state index in [9.17, 15) is 9.90 Å². The molecule has 0 saturated carbocycles. The van der Waals surface area contributed by atoms with Gasteiger partial charge in [0, 0.05) is 16.3 Å². The van der Waals surface area contributed by atoms with Crippen LogP contribution in [0.5, 0.6) is 0 Å². The lowest BCUT2D eigenvalue weighted by Crippen LogP contribution is -2.14. The van der Waals surface area contributed by atoms with Crippen LogP contribution in [0.4, 0.5) is 5.69 Å². The highest BCUT2D eigenvalue weighted by Crippen LogP contribution is 2.26. The van der Waals surface area contributed by atoms with E-state index in [1.165, 1.54) is 11.3 Å². The number of hydrogen-bond acceptors (Lipinski definition) is 4. The smallest absolute Gasteiger partial charge is 0.259 e. The number of nitrogens with one attached hydrogen (secondary N) is 1. The molecule has 5 nitrogen and oxygen atoms in total. The van der Waals surface area contributed by atoms with Gasteiger partial charge in [-0.05, 0) is 43.0 Å². The molecule has 2 aromatic heterocycles. The number of carbonyl (C=O) groups is 1. The van der Waals surface area contributed by atoms with Crippen molar-refractivity contribution in [1.29, 1.82) is 0 Å². The van der Waals surface area contributed by atoms with E-state index >= 15 is 0 Å². The van der Waals surface area contributed by atoms with Gasteiger partial charge in [-0.3, -0.25) is 9.48 Å². The quantitative estimate of drug-likeness (QED) is 0.645. The second-order valence-electron chi connectivity index (χ2n) is 6.01. The average Bonchev–Trinajstić information content (AvgIpc) is 3.24. The van der Waals surface area contributed by atoms with Gasteiger partial charge < -0.3 is 10.4 Å². The van der Waals surface area contributed by atoms with Crippen LogP contribution >= 0.6 is 11.3 Å². The van der Waals surface area contributed by atoms with E-state index in [4.69, 9.17) is 0 Å². The van der Waals surface area contributed by atoms with Crippen molar-refractivity contribution in [3.8, 4) is 0 Å². The number of anilines is 1. The van der Waals surface area contributed by atoms with Gasteiger partial charge >= 0.3 is 0 Å². The van der Waals surface area contributed by atoms with E-state index in [2.05, 4.69) is 17.0 Å². The summed E-state index contributed by atoms with van der Waals surface area (Å²) in [4.78, 5) is 13.5. The summed E-state index contributed by atoms with van der Waals surface area (Å²) in [5.74, 6) is -0.193. The molecule has 0 bridgehead atoms. The fourth-order valence-electron chi connectivity index (χ4n) is 2.88. The summed E-state index contributed by atoms with van der Waals surface area (Å²) >= 11 is 1.51. The third-order valence-electron chi connectivity index (χ3n) is 4.21. The van der Waals surface area contributed by atoms with E-state index in [1.807, 2.05) is 43.5 Å². The number of nitrogens with zero attached hydrogens (tertiary/aromatic N) is 2. The molecule has 0 spiro atoms. The topological polar surface area (TPSA) is 67.2 Å². The Morgan fingerprint density at radius 3 is 2.69 bits per heavy atom. The molecular weight excluding hydrogens is 346 g/mol. The van der Waals surface area contributed by atoms with Gasteiger partial charge in [0.1, 0.15) is 6.10 Å². The van der Waals surface area contributed by atoms with Gasteiger partial charge in [0.2, 0.25) is 0 Å². The van der Waals surface area contributed by atoms with E-state index in [1.54, 1.807) is 22.9 Å². The van der Waals surface area contributed by atoms with Gasteiger partial charge in [-0.15, -0.1) is 17.9 Å². The molecular formula is C20H21N3O2S. The van der Waals surface area contributed by atoms with Gasteiger partial charge in [0.25, 0.3) is 5.91 Å². The number of aromatic nitrogens is 2. The van der Waals surface area contributed by atoms with Crippen LogP contribution in [0.25, 0.3) is 0 Å². The first-order chi connectivity index (χ1) is 12.5. The lowest BCUT2D eigenvalue weighted by Gasteiger charge is -2.11. The Morgan fingerprint density at radius 2 is 2.08 bits per heavy atom. The SMILES string of the molecule is C=CCn1nc(C)c(C(=O)Nc2ccc(C(O)c3cccs3)cc2)c1C. The Kier molecular flexibility index (Phi) is 5.35. The van der Waals surface area contributed by atoms with Crippen LogP contribution in [-0.4, -0.2) is 20.8 Å². The minimum absolute atomic E-state index is 0.193. The van der Waals surface area contributed by atoms with Gasteiger partial charge in [-0.2, -0.15) is 5.10 Å². The van der Waals surface area contributed by atoms with Crippen molar-refractivity contribution >= 4 is 22.9 Å². The fourth-order valence-corrected chi connectivity index (χ4v) is 3.62. The standard InChI is InChI=1S/C20H21N3O2S/c1-4-11-23-14(3)18(13(2)22-23)20(25)21-16-9-7-15(8-10-16)19(24)17-6-5-12-26-17/h4-10,12,19,24H,1,11H2,2-3H3,(H,21,25). The van der Waals surface area contributed by atoms with Crippen molar-refractivity contribution in [2.45, 2.75) is 26.5 Å². The van der Waals surface area contributed by atoms with E-state index in [-0.39, 0.29) is 5.91 Å². The van der Waals surface area contributed by atoms with E-state index in [0.717, 1.165) is 16.1 Å². The van der Waals surface area contributed by atoms with Gasteiger partial charge in [-0.25, -0.2) is 0 Å². The predicted octanol–water partition coefficient (Wildman–Crippen LogP) is 4.08. The zero-order valence-corrected chi connectivity index (χ0v) is 15.6. The molecule has 0 radical (unpaired) electrons. The average molecular weight is 367 g/mol. The molecule has 3 rings (SSSR count). The molecule has 0 fully saturated rings. The highest BCUT2D eigenvalue weighted by molar-refractivity contribution is 7.10. The van der Waals surface area contributed by atoms with Crippen LogP contribution in [0.1, 0.15) is 38.3 Å². The molecule has 2 heterocycles. The Balaban J connectivity index is 1.75. The van der Waals surface area contributed by atoms with Crippen LogP contribution in [0, 0.1) is 13.8 Å². The second-order valence-corrected chi connectivity index (χ2v) is 6.99. The number of rotatable bonds is 6. The maximum atomic E-state index is 12.6. The summed E-state index contributed by atoms with van der Waals surface area (Å²) < 4.78 is 1.76. The first-order valence-electron chi connectivity index (χ1n) is 8.29. The number of aliphatic hydroxyl groups is 1. The number of thiophene rings is 1. The van der Waals surface area contributed by atoms with Gasteiger partial charge in [0.05, 0.1) is 17.8 Å². The molecule has 6 heteroatoms. The van der Waals surface area contributed by atoms with Crippen LogP contribution in [0.2, 0.25) is 0 Å². The second kappa shape index (κ2) is 7.68. The lowest BCUT2D eigenvalue weighted by atomic mass is 10.1. The minimum Gasteiger partial charge on any atom is -0.383 e. The molecule has 2 N–H and O–H groups in total. The molecule has 0 aliphatic carbocycles. The highest BCUT2D eigenvalue weighted by atomic mass is 32.1. The first-order valence-corrected chi connectivity index (χ1v) is 9.17. The Hall–Kier alpha value is -2.70. The summed E-state index contributed by atoms with van der Waals surface area (Å²) in [6, 6.07) is 11.0. The van der Waals surface area contributed by atoms with Crippen molar-refractivity contribution in [3.05, 3.63) is 81.8 Å². The van der Waals surface area contributed by atoms with E-state index < -0.39 is 6.10 Å². The van der Waals surface area contributed by atoms with Crippen molar-refractivity contribution < 1.29 is 9.90 Å². The minimum atomic E-state index is -0.652. The zero-order valence-electron chi connectivity index (χ0n) is 14.8. The van der Waals surface area contributed by atoms with Crippen molar-refractivity contribution in [2.24, 2.45) is 0 Å². The zero-order chi connectivity index (χ0) is 18.7. The largest absolute Gasteiger partial charge is 0.383 e. The third-order valence-corrected chi connectivity index (χ3v) is 5.13. The Morgan fingerprint density at radius 1 is 1.35 bits per heavy atom. The van der Waals surface area contributed by atoms with Crippen molar-refractivity contribution in [1.82, 2.24) is 9.78 Å². The van der Waals surface area contributed by atoms with Crippen LogP contribution in [0.3, 0.4) is 0 Å². The number of aryl methyl sites for hydroxylation is 1. The number of carbonyl (C=O) groups excluding carboxylic acids is 1. The molecule has 1 amide bonds. The summed E-state index contributed by atoms with van der Waals surface area (Å²) in [6.45, 7) is 7.97. The predicted molar refractivity (Wildman–Crippen MR) is 105 cm³/mol. The molecule has 1 atom stereocenters.